The molecule has 3 heterocycles. The molecule has 1 fully saturated rings. The zero-order valence-corrected chi connectivity index (χ0v) is 13.5. The van der Waals surface area contributed by atoms with Crippen molar-refractivity contribution in [1.29, 1.82) is 0 Å². The van der Waals surface area contributed by atoms with E-state index in [4.69, 9.17) is 0 Å². The highest BCUT2D eigenvalue weighted by atomic mass is 32.1. The van der Waals surface area contributed by atoms with Crippen molar-refractivity contribution in [2.75, 3.05) is 20.1 Å². The van der Waals surface area contributed by atoms with Crippen molar-refractivity contribution in [1.82, 2.24) is 19.0 Å². The van der Waals surface area contributed by atoms with Crippen molar-refractivity contribution in [2.45, 2.75) is 18.9 Å². The number of carbonyl (C=O) groups is 1. The summed E-state index contributed by atoms with van der Waals surface area (Å²) in [6.45, 7) is 1.80. The van der Waals surface area contributed by atoms with Crippen molar-refractivity contribution in [2.24, 2.45) is 5.92 Å². The summed E-state index contributed by atoms with van der Waals surface area (Å²) in [6.07, 6.45) is 3.84. The van der Waals surface area contributed by atoms with E-state index >= 15 is 0 Å². The normalized spacial score (nSPS) is 23.1. The lowest BCUT2D eigenvalue weighted by Crippen LogP contribution is -2.41. The number of nitrogens with one attached hydrogen (secondary N) is 1. The van der Waals surface area contributed by atoms with Crippen LogP contribution in [-0.4, -0.2) is 39.7 Å². The molecule has 1 aliphatic heterocycles. The number of nitrogens with zero attached hydrogens (tertiary/aromatic N) is 3. The minimum Gasteiger partial charge on any atom is -0.350 e. The lowest BCUT2D eigenvalue weighted by atomic mass is 9.88. The number of thiophene rings is 1. The lowest BCUT2D eigenvalue weighted by molar-refractivity contribution is 0.0891. The molecule has 0 aliphatic carbocycles. The van der Waals surface area contributed by atoms with E-state index in [1.54, 1.807) is 11.3 Å². The maximum absolute atomic E-state index is 12.0. The van der Waals surface area contributed by atoms with Crippen LogP contribution in [0.15, 0.2) is 23.7 Å². The van der Waals surface area contributed by atoms with Gasteiger partial charge in [-0.3, -0.25) is 9.69 Å². The molecule has 3 rings (SSSR count). The summed E-state index contributed by atoms with van der Waals surface area (Å²) in [4.78, 5) is 15.8. The van der Waals surface area contributed by atoms with Crippen LogP contribution in [0.25, 0.3) is 0 Å². The zero-order valence-electron chi connectivity index (χ0n) is 11.9. The SMILES string of the molecule is CN1CCC[C@H](CNC(=O)c2cnsn2)[C@@H]1c1cccs1. The van der Waals surface area contributed by atoms with Crippen molar-refractivity contribution < 1.29 is 4.79 Å². The van der Waals surface area contributed by atoms with Crippen LogP contribution in [-0.2, 0) is 0 Å². The number of aromatic nitrogens is 2. The minimum absolute atomic E-state index is 0.123. The summed E-state index contributed by atoms with van der Waals surface area (Å²) in [5.74, 6) is 0.319. The molecule has 1 amide bonds. The van der Waals surface area contributed by atoms with Gasteiger partial charge in [0.15, 0.2) is 5.69 Å². The van der Waals surface area contributed by atoms with Crippen LogP contribution < -0.4 is 5.32 Å². The van der Waals surface area contributed by atoms with Gasteiger partial charge in [0.2, 0.25) is 0 Å². The second-order valence-electron chi connectivity index (χ2n) is 5.35. The number of amides is 1. The van der Waals surface area contributed by atoms with Gasteiger partial charge < -0.3 is 5.32 Å². The highest BCUT2D eigenvalue weighted by Gasteiger charge is 2.31. The fourth-order valence-electron chi connectivity index (χ4n) is 2.96. The molecule has 5 nitrogen and oxygen atoms in total. The molecular formula is C14H18N4OS2. The highest BCUT2D eigenvalue weighted by molar-refractivity contribution is 7.10. The Kier molecular flexibility index (Phi) is 4.62. The van der Waals surface area contributed by atoms with Gasteiger partial charge in [0.25, 0.3) is 5.91 Å². The summed E-state index contributed by atoms with van der Waals surface area (Å²) in [6, 6.07) is 4.68. The van der Waals surface area contributed by atoms with E-state index in [0.29, 0.717) is 24.2 Å². The summed E-state index contributed by atoms with van der Waals surface area (Å²) >= 11 is 2.85. The van der Waals surface area contributed by atoms with Crippen molar-refractivity contribution >= 4 is 29.0 Å². The molecule has 2 atom stereocenters. The fraction of sp³-hybridized carbons (Fsp3) is 0.500. The number of piperidine rings is 1. The van der Waals surface area contributed by atoms with Crippen LogP contribution in [0.5, 0.6) is 0 Å². The van der Waals surface area contributed by atoms with Gasteiger partial charge in [-0.2, -0.15) is 8.75 Å². The van der Waals surface area contributed by atoms with Crippen molar-refractivity contribution in [3.8, 4) is 0 Å². The molecule has 0 radical (unpaired) electrons. The van der Waals surface area contributed by atoms with E-state index in [0.717, 1.165) is 24.7 Å². The quantitative estimate of drug-likeness (QED) is 0.939. The number of carbonyl (C=O) groups excluding carboxylic acids is 1. The maximum Gasteiger partial charge on any atom is 0.272 e. The Labute approximate surface area is 132 Å². The van der Waals surface area contributed by atoms with Crippen LogP contribution in [0.1, 0.15) is 34.2 Å². The molecule has 21 heavy (non-hydrogen) atoms. The molecule has 112 valence electrons. The molecule has 2 aromatic rings. The third-order valence-electron chi connectivity index (χ3n) is 3.96. The zero-order chi connectivity index (χ0) is 14.7. The summed E-state index contributed by atoms with van der Waals surface area (Å²) in [5.41, 5.74) is 0.414. The summed E-state index contributed by atoms with van der Waals surface area (Å²) in [5, 5.41) is 5.13. The fourth-order valence-corrected chi connectivity index (χ4v) is 4.36. The monoisotopic (exact) mass is 322 g/mol. The molecule has 1 N–H and O–H groups in total. The molecule has 1 aliphatic rings. The molecule has 7 heteroatoms. The van der Waals surface area contributed by atoms with Crippen LogP contribution in [0.4, 0.5) is 0 Å². The van der Waals surface area contributed by atoms with Gasteiger partial charge in [0, 0.05) is 17.5 Å². The largest absolute Gasteiger partial charge is 0.350 e. The van der Waals surface area contributed by atoms with E-state index in [-0.39, 0.29) is 5.91 Å². The third kappa shape index (κ3) is 3.30. The number of likely N-dealkylation sites (tertiary alicyclic amines) is 1. The molecule has 0 saturated carbocycles. The average molecular weight is 322 g/mol. The Bertz CT molecular complexity index is 570. The Morgan fingerprint density at radius 2 is 2.48 bits per heavy atom. The van der Waals surface area contributed by atoms with Crippen LogP contribution in [0.2, 0.25) is 0 Å². The first-order valence-corrected chi connectivity index (χ1v) is 8.66. The van der Waals surface area contributed by atoms with Crippen LogP contribution in [0.3, 0.4) is 0 Å². The van der Waals surface area contributed by atoms with Crippen LogP contribution >= 0.6 is 23.1 Å². The van der Waals surface area contributed by atoms with Crippen molar-refractivity contribution in [3.05, 3.63) is 34.3 Å². The molecule has 1 saturated heterocycles. The lowest BCUT2D eigenvalue weighted by Gasteiger charge is -2.38. The number of hydrogen-bond acceptors (Lipinski definition) is 6. The molecular weight excluding hydrogens is 304 g/mol. The highest BCUT2D eigenvalue weighted by Crippen LogP contribution is 2.36. The first-order chi connectivity index (χ1) is 10.3. The second kappa shape index (κ2) is 6.64. The van der Waals surface area contributed by atoms with Gasteiger partial charge >= 0.3 is 0 Å². The minimum atomic E-state index is -0.123. The molecule has 0 unspecified atom stereocenters. The van der Waals surface area contributed by atoms with Gasteiger partial charge in [-0.25, -0.2) is 0 Å². The smallest absolute Gasteiger partial charge is 0.272 e. The average Bonchev–Trinajstić information content (AvgIpc) is 3.17. The number of rotatable bonds is 4. The molecule has 0 bridgehead atoms. The van der Waals surface area contributed by atoms with Gasteiger partial charge in [-0.05, 0) is 43.8 Å². The summed E-state index contributed by atoms with van der Waals surface area (Å²) < 4.78 is 7.84. The third-order valence-corrected chi connectivity index (χ3v) is 5.38. The van der Waals surface area contributed by atoms with Crippen molar-refractivity contribution in [3.63, 3.8) is 0 Å². The Morgan fingerprint density at radius 1 is 1.57 bits per heavy atom. The first kappa shape index (κ1) is 14.6. The maximum atomic E-state index is 12.0. The molecule has 2 aromatic heterocycles. The standard InChI is InChI=1S/C14H18N4OS2/c1-18-6-2-4-10(13(18)12-5-3-7-20-12)8-15-14(19)11-9-16-21-17-11/h3,5,7,9-10,13H,2,4,6,8H2,1H3,(H,15,19)/t10-,13-/m1/s1. The van der Waals surface area contributed by atoms with Gasteiger partial charge in [0.1, 0.15) is 0 Å². The predicted molar refractivity (Wildman–Crippen MR) is 84.7 cm³/mol. The van der Waals surface area contributed by atoms with Gasteiger partial charge in [0.05, 0.1) is 17.9 Å². The van der Waals surface area contributed by atoms with E-state index in [9.17, 15) is 4.79 Å². The Hall–Kier alpha value is -1.31. The number of hydrogen-bond donors (Lipinski definition) is 1. The first-order valence-electron chi connectivity index (χ1n) is 7.05. The van der Waals surface area contributed by atoms with Gasteiger partial charge in [-0.1, -0.05) is 6.07 Å². The Morgan fingerprint density at radius 3 is 3.19 bits per heavy atom. The van der Waals surface area contributed by atoms with E-state index in [1.807, 2.05) is 0 Å². The van der Waals surface area contributed by atoms with E-state index in [1.165, 1.54) is 17.5 Å². The van der Waals surface area contributed by atoms with Gasteiger partial charge in [-0.15, -0.1) is 11.3 Å². The molecule has 0 aromatic carbocycles. The predicted octanol–water partition coefficient (Wildman–Crippen LogP) is 2.41. The molecule has 0 spiro atoms. The van der Waals surface area contributed by atoms with E-state index in [2.05, 4.69) is 43.5 Å². The Balaban J connectivity index is 1.66. The van der Waals surface area contributed by atoms with Crippen LogP contribution in [0, 0.1) is 5.92 Å². The van der Waals surface area contributed by atoms with E-state index < -0.39 is 0 Å². The topological polar surface area (TPSA) is 58.1 Å². The summed E-state index contributed by atoms with van der Waals surface area (Å²) in [7, 11) is 2.17. The second-order valence-corrected chi connectivity index (χ2v) is 6.88.